The zero-order valence-corrected chi connectivity index (χ0v) is 9.74. The number of halogens is 1. The average Bonchev–Trinajstić information content (AvgIpc) is 2.47. The zero-order valence-electron chi connectivity index (χ0n) is 7.34. The molecule has 0 saturated heterocycles. The van der Waals surface area contributed by atoms with Crippen LogP contribution >= 0.6 is 27.3 Å². The second-order valence-corrected chi connectivity index (χ2v) is 4.58. The van der Waals surface area contributed by atoms with Crippen LogP contribution in [0.25, 0.3) is 0 Å². The van der Waals surface area contributed by atoms with Crippen molar-refractivity contribution in [1.29, 1.82) is 0 Å². The Morgan fingerprint density at radius 1 is 1.67 bits per heavy atom. The topological polar surface area (TPSA) is 9.23 Å². The van der Waals surface area contributed by atoms with Crippen LogP contribution in [0.1, 0.15) is 25.1 Å². The van der Waals surface area contributed by atoms with E-state index in [0.717, 1.165) is 17.5 Å². The normalized spacial score (nSPS) is 13.2. The van der Waals surface area contributed by atoms with E-state index in [-0.39, 0.29) is 0 Å². The van der Waals surface area contributed by atoms with Crippen LogP contribution in [0.15, 0.2) is 15.9 Å². The molecule has 1 aromatic rings. The molecule has 3 heteroatoms. The summed E-state index contributed by atoms with van der Waals surface area (Å²) in [5.41, 5.74) is 0. The van der Waals surface area contributed by atoms with E-state index in [2.05, 4.69) is 41.2 Å². The molecule has 1 nitrogen and oxygen atoms in total. The van der Waals surface area contributed by atoms with Gasteiger partial charge in [0.15, 0.2) is 0 Å². The molecule has 1 aromatic heterocycles. The smallest absolute Gasteiger partial charge is 0.0824 e. The monoisotopic (exact) mass is 248 g/mol. The predicted molar refractivity (Wildman–Crippen MR) is 56.6 cm³/mol. The first-order valence-corrected chi connectivity index (χ1v) is 5.74. The molecule has 12 heavy (non-hydrogen) atoms. The van der Waals surface area contributed by atoms with Crippen LogP contribution in [0.4, 0.5) is 0 Å². The summed E-state index contributed by atoms with van der Waals surface area (Å²) in [4.78, 5) is 1.27. The van der Waals surface area contributed by atoms with Gasteiger partial charge in [0.25, 0.3) is 0 Å². The number of hydrogen-bond acceptors (Lipinski definition) is 2. The van der Waals surface area contributed by atoms with E-state index in [1.165, 1.54) is 4.88 Å². The van der Waals surface area contributed by atoms with E-state index < -0.39 is 0 Å². The molecule has 0 saturated carbocycles. The molecule has 0 aliphatic heterocycles. The van der Waals surface area contributed by atoms with E-state index in [4.69, 9.17) is 4.74 Å². The summed E-state index contributed by atoms with van der Waals surface area (Å²) in [7, 11) is 0. The molecular weight excluding hydrogens is 236 g/mol. The predicted octanol–water partition coefficient (Wildman–Crippen LogP) is 3.83. The van der Waals surface area contributed by atoms with Crippen LogP contribution in [-0.2, 0) is 11.3 Å². The molecule has 0 aromatic carbocycles. The summed E-state index contributed by atoms with van der Waals surface area (Å²) in [5.74, 6) is 0. The fourth-order valence-electron chi connectivity index (χ4n) is 0.764. The van der Waals surface area contributed by atoms with Gasteiger partial charge in [0.1, 0.15) is 0 Å². The fraction of sp³-hybridized carbons (Fsp3) is 0.556. The number of thiophene rings is 1. The first kappa shape index (κ1) is 10.2. The Kier molecular flexibility index (Phi) is 4.26. The average molecular weight is 249 g/mol. The van der Waals surface area contributed by atoms with Crippen molar-refractivity contribution in [1.82, 2.24) is 0 Å². The van der Waals surface area contributed by atoms with Crippen molar-refractivity contribution in [3.05, 3.63) is 20.8 Å². The molecule has 0 N–H and O–H groups in total. The Morgan fingerprint density at radius 2 is 2.42 bits per heavy atom. The Labute approximate surface area is 85.9 Å². The minimum atomic E-state index is 0.360. The first-order valence-electron chi connectivity index (χ1n) is 4.07. The van der Waals surface area contributed by atoms with Gasteiger partial charge >= 0.3 is 0 Å². The summed E-state index contributed by atoms with van der Waals surface area (Å²) in [6.07, 6.45) is 1.43. The van der Waals surface area contributed by atoms with Crippen LogP contribution in [0.2, 0.25) is 0 Å². The lowest BCUT2D eigenvalue weighted by atomic mass is 10.3. The largest absolute Gasteiger partial charge is 0.373 e. The first-order chi connectivity index (χ1) is 5.74. The van der Waals surface area contributed by atoms with Gasteiger partial charge < -0.3 is 4.74 Å². The van der Waals surface area contributed by atoms with Gasteiger partial charge in [-0.25, -0.2) is 0 Å². The lowest BCUT2D eigenvalue weighted by molar-refractivity contribution is 0.0522. The lowest BCUT2D eigenvalue weighted by Crippen LogP contribution is -2.05. The summed E-state index contributed by atoms with van der Waals surface area (Å²) in [5, 5.41) is 2.07. The minimum absolute atomic E-state index is 0.360. The molecule has 0 aliphatic carbocycles. The molecule has 0 aliphatic rings. The Hall–Kier alpha value is 0.140. The maximum atomic E-state index is 5.60. The molecule has 1 rings (SSSR count). The van der Waals surface area contributed by atoms with Crippen LogP contribution < -0.4 is 0 Å². The quantitative estimate of drug-likeness (QED) is 0.788. The van der Waals surface area contributed by atoms with Gasteiger partial charge in [0.05, 0.1) is 12.7 Å². The molecule has 0 bridgehead atoms. The molecule has 0 amide bonds. The minimum Gasteiger partial charge on any atom is -0.373 e. The van der Waals surface area contributed by atoms with Crippen molar-refractivity contribution in [2.24, 2.45) is 0 Å². The van der Waals surface area contributed by atoms with Crippen LogP contribution in [-0.4, -0.2) is 6.10 Å². The van der Waals surface area contributed by atoms with E-state index >= 15 is 0 Å². The van der Waals surface area contributed by atoms with Gasteiger partial charge in [-0.1, -0.05) is 6.92 Å². The van der Waals surface area contributed by atoms with Crippen LogP contribution in [0.5, 0.6) is 0 Å². The standard InChI is InChI=1S/C9H13BrOS/c1-3-7(2)11-6-9-8(10)4-5-12-9/h4-5,7H,3,6H2,1-2H3. The highest BCUT2D eigenvalue weighted by molar-refractivity contribution is 9.10. The van der Waals surface area contributed by atoms with E-state index in [9.17, 15) is 0 Å². The molecule has 0 spiro atoms. The van der Waals surface area contributed by atoms with Crippen molar-refractivity contribution in [2.75, 3.05) is 0 Å². The number of hydrogen-bond donors (Lipinski definition) is 0. The van der Waals surface area contributed by atoms with E-state index in [1.54, 1.807) is 11.3 Å². The molecular formula is C9H13BrOS. The second kappa shape index (κ2) is 5.00. The maximum absolute atomic E-state index is 5.60. The highest BCUT2D eigenvalue weighted by atomic mass is 79.9. The van der Waals surface area contributed by atoms with Gasteiger partial charge in [-0.2, -0.15) is 0 Å². The van der Waals surface area contributed by atoms with Crippen LogP contribution in [0.3, 0.4) is 0 Å². The molecule has 0 radical (unpaired) electrons. The lowest BCUT2D eigenvalue weighted by Gasteiger charge is -2.09. The van der Waals surface area contributed by atoms with Crippen molar-refractivity contribution in [2.45, 2.75) is 33.0 Å². The molecule has 1 heterocycles. The SMILES string of the molecule is CCC(C)OCc1sccc1Br. The van der Waals surface area contributed by atoms with Crippen LogP contribution in [0, 0.1) is 0 Å². The van der Waals surface area contributed by atoms with Crippen molar-refractivity contribution < 1.29 is 4.74 Å². The summed E-state index contributed by atoms with van der Waals surface area (Å²) < 4.78 is 6.76. The Balaban J connectivity index is 2.38. The third-order valence-electron chi connectivity index (χ3n) is 1.76. The summed E-state index contributed by atoms with van der Waals surface area (Å²) in [6, 6.07) is 2.06. The third-order valence-corrected chi connectivity index (χ3v) is 3.66. The summed E-state index contributed by atoms with van der Waals surface area (Å²) >= 11 is 5.20. The maximum Gasteiger partial charge on any atom is 0.0824 e. The molecule has 68 valence electrons. The van der Waals surface area contributed by atoms with Gasteiger partial charge in [-0.3, -0.25) is 0 Å². The van der Waals surface area contributed by atoms with E-state index in [1.807, 2.05) is 0 Å². The molecule has 0 fully saturated rings. The van der Waals surface area contributed by atoms with Gasteiger partial charge in [0, 0.05) is 9.35 Å². The van der Waals surface area contributed by atoms with Crippen molar-refractivity contribution in [3.63, 3.8) is 0 Å². The number of ether oxygens (including phenoxy) is 1. The fourth-order valence-corrected chi connectivity index (χ4v) is 2.15. The third kappa shape index (κ3) is 2.88. The van der Waals surface area contributed by atoms with Gasteiger partial charge in [0.2, 0.25) is 0 Å². The highest BCUT2D eigenvalue weighted by Gasteiger charge is 2.03. The summed E-state index contributed by atoms with van der Waals surface area (Å²) in [6.45, 7) is 4.96. The van der Waals surface area contributed by atoms with E-state index in [0.29, 0.717) is 6.10 Å². The molecule has 1 atom stereocenters. The van der Waals surface area contributed by atoms with Gasteiger partial charge in [-0.05, 0) is 40.7 Å². The Morgan fingerprint density at radius 3 is 2.92 bits per heavy atom. The second-order valence-electron chi connectivity index (χ2n) is 2.72. The molecule has 1 unspecified atom stereocenters. The highest BCUT2D eigenvalue weighted by Crippen LogP contribution is 2.23. The number of rotatable bonds is 4. The Bertz CT molecular complexity index is 234. The van der Waals surface area contributed by atoms with Crippen molar-refractivity contribution >= 4 is 27.3 Å². The van der Waals surface area contributed by atoms with Crippen molar-refractivity contribution in [3.8, 4) is 0 Å². The zero-order chi connectivity index (χ0) is 8.97. The van der Waals surface area contributed by atoms with Gasteiger partial charge in [-0.15, -0.1) is 11.3 Å².